The summed E-state index contributed by atoms with van der Waals surface area (Å²) in [5.74, 6) is 0.611. The number of thioether (sulfide) groups is 1. The number of nitrogens with one attached hydrogen (secondary N) is 2. The normalized spacial score (nSPS) is 12.8. The first-order chi connectivity index (χ1) is 14.8. The first kappa shape index (κ1) is 22.6. The molecule has 7 nitrogen and oxygen atoms in total. The van der Waals surface area contributed by atoms with Crippen LogP contribution < -0.4 is 10.6 Å². The number of carbonyl (C=O) groups is 2. The van der Waals surface area contributed by atoms with Crippen molar-refractivity contribution < 1.29 is 9.59 Å². The Hall–Kier alpha value is -3.13. The Morgan fingerprint density at radius 1 is 0.968 bits per heavy atom. The molecule has 3 aromatic rings. The molecule has 0 bridgehead atoms. The van der Waals surface area contributed by atoms with E-state index in [0.717, 1.165) is 11.1 Å². The lowest BCUT2D eigenvalue weighted by Crippen LogP contribution is -2.29. The minimum absolute atomic E-state index is 0.0682. The Kier molecular flexibility index (Phi) is 7.46. The molecule has 1 aromatic heterocycles. The van der Waals surface area contributed by atoms with E-state index in [1.54, 1.807) is 16.7 Å². The Morgan fingerprint density at radius 3 is 2.32 bits per heavy atom. The number of benzene rings is 2. The summed E-state index contributed by atoms with van der Waals surface area (Å²) in [4.78, 5) is 24.8. The van der Waals surface area contributed by atoms with Crippen LogP contribution in [0, 0.1) is 6.92 Å². The molecule has 0 aliphatic rings. The second-order valence-electron chi connectivity index (χ2n) is 7.45. The van der Waals surface area contributed by atoms with Crippen LogP contribution in [0.15, 0.2) is 59.8 Å². The van der Waals surface area contributed by atoms with Crippen molar-refractivity contribution in [2.45, 2.75) is 38.0 Å². The summed E-state index contributed by atoms with van der Waals surface area (Å²) < 4.78 is 1.80. The number of nitrogens with zero attached hydrogens (tertiary/aromatic N) is 3. The van der Waals surface area contributed by atoms with Crippen LogP contribution in [-0.2, 0) is 11.8 Å². The van der Waals surface area contributed by atoms with Crippen molar-refractivity contribution in [3.63, 3.8) is 0 Å². The average Bonchev–Trinajstić information content (AvgIpc) is 3.13. The van der Waals surface area contributed by atoms with E-state index in [-0.39, 0.29) is 29.7 Å². The molecule has 0 unspecified atom stereocenters. The van der Waals surface area contributed by atoms with E-state index in [4.69, 9.17) is 0 Å². The number of aromatic nitrogens is 3. The van der Waals surface area contributed by atoms with E-state index in [1.165, 1.54) is 11.8 Å². The van der Waals surface area contributed by atoms with Gasteiger partial charge in [0.25, 0.3) is 5.91 Å². The second-order valence-corrected chi connectivity index (χ2v) is 8.39. The molecule has 2 amide bonds. The lowest BCUT2D eigenvalue weighted by atomic mass is 10.1. The van der Waals surface area contributed by atoms with Crippen molar-refractivity contribution in [3.05, 3.63) is 77.1 Å². The minimum atomic E-state index is -0.326. The summed E-state index contributed by atoms with van der Waals surface area (Å²) >= 11 is 1.31. The Balaban J connectivity index is 1.55. The van der Waals surface area contributed by atoms with Gasteiger partial charge in [0, 0.05) is 12.6 Å². The molecule has 8 heteroatoms. The highest BCUT2D eigenvalue weighted by atomic mass is 32.2. The first-order valence-electron chi connectivity index (χ1n) is 10.1. The molecule has 31 heavy (non-hydrogen) atoms. The molecule has 0 aliphatic carbocycles. The van der Waals surface area contributed by atoms with Gasteiger partial charge in [0.05, 0.1) is 17.8 Å². The van der Waals surface area contributed by atoms with Gasteiger partial charge in [0.15, 0.2) is 11.0 Å². The van der Waals surface area contributed by atoms with Gasteiger partial charge in [-0.2, -0.15) is 0 Å². The molecule has 0 aliphatic heterocycles. The van der Waals surface area contributed by atoms with E-state index in [0.29, 0.717) is 16.5 Å². The number of hydrogen-bond acceptors (Lipinski definition) is 5. The molecular formula is C23H27N5O2S. The third-order valence-electron chi connectivity index (χ3n) is 4.93. The molecule has 2 aromatic carbocycles. The summed E-state index contributed by atoms with van der Waals surface area (Å²) in [6.45, 7) is 5.79. The van der Waals surface area contributed by atoms with Crippen LogP contribution in [0.5, 0.6) is 0 Å². The van der Waals surface area contributed by atoms with E-state index in [2.05, 4.69) is 20.8 Å². The van der Waals surface area contributed by atoms with Crippen molar-refractivity contribution in [2.24, 2.45) is 7.05 Å². The van der Waals surface area contributed by atoms with Gasteiger partial charge >= 0.3 is 0 Å². The quantitative estimate of drug-likeness (QED) is 0.526. The van der Waals surface area contributed by atoms with Crippen LogP contribution in [0.1, 0.15) is 53.2 Å². The second kappa shape index (κ2) is 10.3. The lowest BCUT2D eigenvalue weighted by Gasteiger charge is -2.15. The van der Waals surface area contributed by atoms with Crippen LogP contribution >= 0.6 is 11.8 Å². The van der Waals surface area contributed by atoms with Crippen molar-refractivity contribution in [3.8, 4) is 0 Å². The zero-order chi connectivity index (χ0) is 22.4. The predicted molar refractivity (Wildman–Crippen MR) is 122 cm³/mol. The van der Waals surface area contributed by atoms with Gasteiger partial charge in [-0.05, 0) is 38.5 Å². The third-order valence-corrected chi connectivity index (χ3v) is 5.95. The summed E-state index contributed by atoms with van der Waals surface area (Å²) in [6, 6.07) is 16.8. The zero-order valence-corrected chi connectivity index (χ0v) is 18.9. The smallest absolute Gasteiger partial charge is 0.251 e. The molecule has 3 rings (SSSR count). The highest BCUT2D eigenvalue weighted by molar-refractivity contribution is 7.99. The first-order valence-corrected chi connectivity index (χ1v) is 11.1. The number of aryl methyl sites for hydroxylation is 1. The monoisotopic (exact) mass is 437 g/mol. The van der Waals surface area contributed by atoms with E-state index in [1.807, 2.05) is 70.3 Å². The lowest BCUT2D eigenvalue weighted by molar-refractivity contribution is -0.119. The zero-order valence-electron chi connectivity index (χ0n) is 18.1. The van der Waals surface area contributed by atoms with Crippen LogP contribution in [0.4, 0.5) is 0 Å². The molecule has 0 radical (unpaired) electrons. The summed E-state index contributed by atoms with van der Waals surface area (Å²) in [5.41, 5.74) is 2.75. The molecule has 2 N–H and O–H groups in total. The maximum atomic E-state index is 12.5. The Bertz CT molecular complexity index is 1030. The van der Waals surface area contributed by atoms with Gasteiger partial charge in [0.1, 0.15) is 0 Å². The molecule has 1 heterocycles. The number of amides is 2. The predicted octanol–water partition coefficient (Wildman–Crippen LogP) is 3.58. The molecule has 0 saturated carbocycles. The Labute approximate surface area is 186 Å². The average molecular weight is 438 g/mol. The molecular weight excluding hydrogens is 410 g/mol. The van der Waals surface area contributed by atoms with Gasteiger partial charge in [-0.15, -0.1) is 10.2 Å². The Morgan fingerprint density at radius 2 is 1.65 bits per heavy atom. The topological polar surface area (TPSA) is 88.9 Å². The highest BCUT2D eigenvalue weighted by Crippen LogP contribution is 2.20. The molecule has 162 valence electrons. The molecule has 0 fully saturated rings. The van der Waals surface area contributed by atoms with Gasteiger partial charge in [-0.25, -0.2) is 0 Å². The van der Waals surface area contributed by atoms with Crippen LogP contribution in [-0.4, -0.2) is 32.3 Å². The van der Waals surface area contributed by atoms with Crippen molar-refractivity contribution in [1.29, 1.82) is 0 Å². The fraction of sp³-hybridized carbons (Fsp3) is 0.304. The van der Waals surface area contributed by atoms with E-state index >= 15 is 0 Å². The fourth-order valence-corrected chi connectivity index (χ4v) is 3.85. The van der Waals surface area contributed by atoms with Gasteiger partial charge < -0.3 is 15.2 Å². The number of hydrogen-bond donors (Lipinski definition) is 2. The largest absolute Gasteiger partial charge is 0.349 e. The van der Waals surface area contributed by atoms with Gasteiger partial charge in [-0.1, -0.05) is 59.8 Å². The summed E-state index contributed by atoms with van der Waals surface area (Å²) in [6.07, 6.45) is 0. The maximum absolute atomic E-state index is 12.5. The van der Waals surface area contributed by atoms with Crippen LogP contribution in [0.2, 0.25) is 0 Å². The van der Waals surface area contributed by atoms with Gasteiger partial charge in [-0.3, -0.25) is 9.59 Å². The van der Waals surface area contributed by atoms with E-state index < -0.39 is 0 Å². The highest BCUT2D eigenvalue weighted by Gasteiger charge is 2.19. The van der Waals surface area contributed by atoms with Gasteiger partial charge in [0.2, 0.25) is 5.91 Å². The molecule has 2 atom stereocenters. The SMILES string of the molecule is Cc1ccc(C(=O)N[C@H](C)c2nnc(SCC(=O)N[C@@H](C)c3ccccc3)n2C)cc1. The number of carbonyl (C=O) groups excluding carboxylic acids is 2. The minimum Gasteiger partial charge on any atom is -0.349 e. The summed E-state index contributed by atoms with van der Waals surface area (Å²) in [7, 11) is 1.83. The number of rotatable bonds is 8. The van der Waals surface area contributed by atoms with Crippen molar-refractivity contribution >= 4 is 23.6 Å². The van der Waals surface area contributed by atoms with Crippen molar-refractivity contribution in [2.75, 3.05) is 5.75 Å². The fourth-order valence-electron chi connectivity index (χ4n) is 3.12. The maximum Gasteiger partial charge on any atom is 0.251 e. The molecule has 0 saturated heterocycles. The third kappa shape index (κ3) is 5.95. The van der Waals surface area contributed by atoms with Crippen molar-refractivity contribution in [1.82, 2.24) is 25.4 Å². The van der Waals surface area contributed by atoms with Crippen LogP contribution in [0.3, 0.4) is 0 Å². The standard InChI is InChI=1S/C23H27N5O2S/c1-15-10-12-19(13-11-15)22(30)25-17(3)21-26-27-23(28(21)4)31-14-20(29)24-16(2)18-8-6-5-7-9-18/h5-13,16-17H,14H2,1-4H3,(H,24,29)(H,25,30)/t16-,17+/m0/s1. The van der Waals surface area contributed by atoms with Crippen LogP contribution in [0.25, 0.3) is 0 Å². The van der Waals surface area contributed by atoms with E-state index in [9.17, 15) is 9.59 Å². The summed E-state index contributed by atoms with van der Waals surface area (Å²) in [5, 5.41) is 14.9. The molecule has 0 spiro atoms.